The number of nitrogens with one attached hydrogen (secondary N) is 1. The molecule has 1 fully saturated rings. The van der Waals surface area contributed by atoms with Crippen molar-refractivity contribution >= 4 is 34.9 Å². The molecule has 6 heteroatoms. The molecule has 1 spiro atoms. The summed E-state index contributed by atoms with van der Waals surface area (Å²) in [5.74, 6) is -2.51. The van der Waals surface area contributed by atoms with Gasteiger partial charge < -0.3 is 10.2 Å². The number of halogens is 1. The molecular formula is C34H25FN2O3. The number of hydrogen-bond acceptors (Lipinski definition) is 4. The molecule has 3 aliphatic heterocycles. The predicted octanol–water partition coefficient (Wildman–Crippen LogP) is 5.99. The van der Waals surface area contributed by atoms with Crippen LogP contribution in [0.25, 0.3) is 6.08 Å². The Morgan fingerprint density at radius 2 is 1.55 bits per heavy atom. The van der Waals surface area contributed by atoms with Gasteiger partial charge in [0.15, 0.2) is 11.6 Å². The molecule has 3 heterocycles. The molecule has 7 rings (SSSR count). The van der Waals surface area contributed by atoms with Gasteiger partial charge >= 0.3 is 0 Å². The van der Waals surface area contributed by atoms with Crippen LogP contribution in [0.2, 0.25) is 0 Å². The van der Waals surface area contributed by atoms with Crippen molar-refractivity contribution in [3.8, 4) is 0 Å². The predicted molar refractivity (Wildman–Crippen MR) is 152 cm³/mol. The second kappa shape index (κ2) is 8.85. The molecule has 1 saturated heterocycles. The van der Waals surface area contributed by atoms with E-state index in [-0.39, 0.29) is 23.0 Å². The molecule has 0 bridgehead atoms. The van der Waals surface area contributed by atoms with E-state index in [4.69, 9.17) is 0 Å². The second-order valence-electron chi connectivity index (χ2n) is 10.7. The van der Waals surface area contributed by atoms with Gasteiger partial charge in [-0.1, -0.05) is 72.3 Å². The van der Waals surface area contributed by atoms with Crippen molar-refractivity contribution in [2.24, 2.45) is 5.92 Å². The lowest BCUT2D eigenvalue weighted by Gasteiger charge is -2.37. The summed E-state index contributed by atoms with van der Waals surface area (Å²) in [6, 6.07) is 25.9. The van der Waals surface area contributed by atoms with Crippen LogP contribution in [-0.4, -0.2) is 29.6 Å². The first-order valence-corrected chi connectivity index (χ1v) is 13.3. The van der Waals surface area contributed by atoms with Crippen molar-refractivity contribution in [2.45, 2.75) is 24.4 Å². The van der Waals surface area contributed by atoms with Crippen molar-refractivity contribution < 1.29 is 18.8 Å². The van der Waals surface area contributed by atoms with Crippen LogP contribution < -0.4 is 10.2 Å². The number of carbonyl (C=O) groups is 3. The number of nitrogens with zero attached hydrogens (tertiary/aromatic N) is 1. The molecule has 0 saturated carbocycles. The van der Waals surface area contributed by atoms with Gasteiger partial charge in [0.05, 0.1) is 12.0 Å². The Hall–Kier alpha value is -4.84. The summed E-state index contributed by atoms with van der Waals surface area (Å²) in [6.45, 7) is 2.00. The standard InChI is InChI=1S/C34H25FN2O3/c1-20-11-17-27-23(19-20)14-18-28-34(25-9-5-6-10-26(25)36-33(34)40)29(31(38)22-12-15-24(35)16-13-22)30(37(27)28)32(39)21-7-3-2-4-8-21/h2-19,28-30H,1H3,(H,36,40)/t28-,29+,30+,34-/m0/s1. The van der Waals surface area contributed by atoms with Crippen LogP contribution >= 0.6 is 0 Å². The normalized spacial score (nSPS) is 23.9. The molecular weight excluding hydrogens is 503 g/mol. The van der Waals surface area contributed by atoms with Gasteiger partial charge in [-0.05, 0) is 60.5 Å². The number of fused-ring (bicyclic) bond motifs is 6. The molecule has 40 heavy (non-hydrogen) atoms. The summed E-state index contributed by atoms with van der Waals surface area (Å²) >= 11 is 0. The lowest BCUT2D eigenvalue weighted by atomic mass is 9.64. The smallest absolute Gasteiger partial charge is 0.238 e. The number of amides is 1. The Balaban J connectivity index is 1.54. The number of benzene rings is 4. The third-order valence-electron chi connectivity index (χ3n) is 8.53. The highest BCUT2D eigenvalue weighted by atomic mass is 19.1. The van der Waals surface area contributed by atoms with Crippen molar-refractivity contribution in [3.63, 3.8) is 0 Å². The van der Waals surface area contributed by atoms with Crippen molar-refractivity contribution in [1.82, 2.24) is 0 Å². The maximum Gasteiger partial charge on any atom is 0.238 e. The molecule has 1 amide bonds. The fourth-order valence-corrected chi connectivity index (χ4v) is 6.87. The number of Topliss-reactive ketones (excluding diaryl/α,β-unsaturated/α-hetero) is 2. The lowest BCUT2D eigenvalue weighted by Crippen LogP contribution is -2.51. The van der Waals surface area contributed by atoms with Gasteiger partial charge in [-0.15, -0.1) is 0 Å². The number of rotatable bonds is 4. The number of ketones is 2. The highest BCUT2D eigenvalue weighted by Gasteiger charge is 2.70. The van der Waals surface area contributed by atoms with Crippen LogP contribution in [0.4, 0.5) is 15.8 Å². The minimum absolute atomic E-state index is 0.248. The number of anilines is 2. The molecule has 0 unspecified atom stereocenters. The van der Waals surface area contributed by atoms with Crippen molar-refractivity contribution in [3.05, 3.63) is 137 Å². The summed E-state index contributed by atoms with van der Waals surface area (Å²) in [6.07, 6.45) is 3.93. The van der Waals surface area contributed by atoms with Crippen LogP contribution in [0.5, 0.6) is 0 Å². The molecule has 196 valence electrons. The Labute approximate surface area is 231 Å². The van der Waals surface area contributed by atoms with Gasteiger partial charge in [-0.25, -0.2) is 4.39 Å². The summed E-state index contributed by atoms with van der Waals surface area (Å²) < 4.78 is 13.9. The van der Waals surface area contributed by atoms with E-state index in [2.05, 4.69) is 5.32 Å². The SMILES string of the molecule is Cc1ccc2c(c1)C=C[C@@H]1N2[C@@H](C(=O)c2ccccc2)[C@H](C(=O)c2ccc(F)cc2)[C@@]12C(=O)Nc1ccccc12. The maximum atomic E-state index is 14.6. The average molecular weight is 529 g/mol. The monoisotopic (exact) mass is 528 g/mol. The van der Waals surface area contributed by atoms with Crippen LogP contribution in [0.15, 0.2) is 103 Å². The third-order valence-corrected chi connectivity index (χ3v) is 8.53. The van der Waals surface area contributed by atoms with Gasteiger partial charge in [0, 0.05) is 22.5 Å². The number of aryl methyl sites for hydroxylation is 1. The summed E-state index contributed by atoms with van der Waals surface area (Å²) in [5, 5.41) is 3.02. The molecule has 5 nitrogen and oxygen atoms in total. The minimum Gasteiger partial charge on any atom is -0.352 e. The zero-order chi connectivity index (χ0) is 27.6. The Bertz CT molecular complexity index is 1730. The summed E-state index contributed by atoms with van der Waals surface area (Å²) in [7, 11) is 0. The van der Waals surface area contributed by atoms with Gasteiger partial charge in [0.2, 0.25) is 5.91 Å². The van der Waals surface area contributed by atoms with E-state index < -0.39 is 29.2 Å². The number of hydrogen-bond donors (Lipinski definition) is 1. The van der Waals surface area contributed by atoms with E-state index in [1.54, 1.807) is 24.3 Å². The molecule has 1 N–H and O–H groups in total. The van der Waals surface area contributed by atoms with E-state index in [1.807, 2.05) is 72.5 Å². The molecule has 0 aliphatic carbocycles. The Kier molecular flexibility index (Phi) is 5.36. The number of para-hydroxylation sites is 1. The van der Waals surface area contributed by atoms with E-state index >= 15 is 0 Å². The van der Waals surface area contributed by atoms with Crippen LogP contribution in [0.3, 0.4) is 0 Å². The Morgan fingerprint density at radius 1 is 0.850 bits per heavy atom. The largest absolute Gasteiger partial charge is 0.352 e. The summed E-state index contributed by atoms with van der Waals surface area (Å²) in [4.78, 5) is 45.4. The zero-order valence-electron chi connectivity index (χ0n) is 21.7. The first-order valence-electron chi connectivity index (χ1n) is 13.3. The Morgan fingerprint density at radius 3 is 2.33 bits per heavy atom. The lowest BCUT2D eigenvalue weighted by molar-refractivity contribution is -0.121. The third kappa shape index (κ3) is 3.29. The van der Waals surface area contributed by atoms with Gasteiger partial charge in [0.25, 0.3) is 0 Å². The summed E-state index contributed by atoms with van der Waals surface area (Å²) in [5.41, 5.74) is 3.38. The molecule has 0 aromatic heterocycles. The fraction of sp³-hybridized carbons (Fsp3) is 0.147. The molecule has 3 aliphatic rings. The quantitative estimate of drug-likeness (QED) is 0.331. The van der Waals surface area contributed by atoms with Crippen molar-refractivity contribution in [2.75, 3.05) is 10.2 Å². The van der Waals surface area contributed by atoms with E-state index in [9.17, 15) is 18.8 Å². The van der Waals surface area contributed by atoms with Gasteiger partial charge in [-0.3, -0.25) is 14.4 Å². The zero-order valence-corrected chi connectivity index (χ0v) is 21.7. The van der Waals surface area contributed by atoms with Crippen LogP contribution in [0, 0.1) is 18.7 Å². The molecule has 0 radical (unpaired) electrons. The highest BCUT2D eigenvalue weighted by Crippen LogP contribution is 2.58. The van der Waals surface area contributed by atoms with E-state index in [1.165, 1.54) is 24.3 Å². The first kappa shape index (κ1) is 24.2. The molecule has 4 atom stereocenters. The van der Waals surface area contributed by atoms with Gasteiger partial charge in [-0.2, -0.15) is 0 Å². The van der Waals surface area contributed by atoms with Crippen LogP contribution in [0.1, 0.15) is 37.4 Å². The topological polar surface area (TPSA) is 66.5 Å². The molecule has 4 aromatic carbocycles. The number of carbonyl (C=O) groups excluding carboxylic acids is 3. The van der Waals surface area contributed by atoms with E-state index in [0.717, 1.165) is 16.8 Å². The first-order chi connectivity index (χ1) is 19.4. The van der Waals surface area contributed by atoms with Gasteiger partial charge in [0.1, 0.15) is 17.3 Å². The second-order valence-corrected chi connectivity index (χ2v) is 10.7. The fourth-order valence-electron chi connectivity index (χ4n) is 6.87. The van der Waals surface area contributed by atoms with Crippen LogP contribution in [-0.2, 0) is 10.2 Å². The van der Waals surface area contributed by atoms with Crippen molar-refractivity contribution in [1.29, 1.82) is 0 Å². The molecule has 4 aromatic rings. The van der Waals surface area contributed by atoms with E-state index in [0.29, 0.717) is 16.8 Å². The highest BCUT2D eigenvalue weighted by molar-refractivity contribution is 6.18. The average Bonchev–Trinajstić information content (AvgIpc) is 3.45. The minimum atomic E-state index is -1.39. The maximum absolute atomic E-state index is 14.6.